The zero-order valence-electron chi connectivity index (χ0n) is 6.89. The molecule has 0 unspecified atom stereocenters. The fourth-order valence-corrected chi connectivity index (χ4v) is 0.638. The van der Waals surface area contributed by atoms with Crippen LogP contribution in [0.4, 0.5) is 19.1 Å². The van der Waals surface area contributed by atoms with Crippen LogP contribution in [0.25, 0.3) is 0 Å². The Balaban J connectivity index is 2.51. The largest absolute Gasteiger partial charge is 0.348 e. The molecular formula is C7H8F3N3. The molecule has 0 bridgehead atoms. The highest BCUT2D eigenvalue weighted by Crippen LogP contribution is 2.11. The predicted molar refractivity (Wildman–Crippen MR) is 41.1 cm³/mol. The molecule has 1 aromatic rings. The zero-order chi connectivity index (χ0) is 9.90. The third kappa shape index (κ3) is 3.73. The number of rotatable bonds is 3. The molecule has 3 nitrogen and oxygen atoms in total. The maximum atomic E-state index is 12.3. The van der Waals surface area contributed by atoms with E-state index in [1.165, 1.54) is 0 Å². The van der Waals surface area contributed by atoms with Crippen molar-refractivity contribution in [1.29, 1.82) is 0 Å². The summed E-state index contributed by atoms with van der Waals surface area (Å²) in [7, 11) is 0. The second kappa shape index (κ2) is 3.59. The minimum atomic E-state index is -2.84. The molecule has 13 heavy (non-hydrogen) atoms. The number of halogens is 3. The highest BCUT2D eigenvalue weighted by atomic mass is 19.3. The molecule has 1 rings (SSSR count). The van der Waals surface area contributed by atoms with E-state index in [-0.39, 0.29) is 5.95 Å². The summed E-state index contributed by atoms with van der Waals surface area (Å²) < 4.78 is 36.9. The third-order valence-electron chi connectivity index (χ3n) is 1.18. The van der Waals surface area contributed by atoms with E-state index >= 15 is 0 Å². The number of alkyl halides is 2. The van der Waals surface area contributed by atoms with Gasteiger partial charge in [-0.2, -0.15) is 0 Å². The normalized spacial score (nSPS) is 11.4. The first-order valence-corrected chi connectivity index (χ1v) is 3.57. The summed E-state index contributed by atoms with van der Waals surface area (Å²) in [5.74, 6) is -3.45. The van der Waals surface area contributed by atoms with Gasteiger partial charge in [0.25, 0.3) is 5.92 Å². The lowest BCUT2D eigenvalue weighted by Gasteiger charge is -2.10. The summed E-state index contributed by atoms with van der Waals surface area (Å²) in [5.41, 5.74) is 0. The van der Waals surface area contributed by atoms with Gasteiger partial charge in [0.15, 0.2) is 5.82 Å². The maximum absolute atomic E-state index is 12.3. The van der Waals surface area contributed by atoms with Crippen molar-refractivity contribution in [2.75, 3.05) is 11.9 Å². The standard InChI is InChI=1S/C7H8F3N3/c1-7(9,10)4-13-6-11-2-5(8)3-12-6/h2-3H,4H2,1H3,(H,11,12,13). The van der Waals surface area contributed by atoms with Crippen molar-refractivity contribution in [2.24, 2.45) is 0 Å². The SMILES string of the molecule is CC(F)(F)CNc1ncc(F)cn1. The molecule has 1 aromatic heterocycles. The van der Waals surface area contributed by atoms with Gasteiger partial charge in [0, 0.05) is 6.92 Å². The topological polar surface area (TPSA) is 37.8 Å². The smallest absolute Gasteiger partial charge is 0.262 e. The van der Waals surface area contributed by atoms with Crippen molar-refractivity contribution in [3.63, 3.8) is 0 Å². The average Bonchev–Trinajstić information content (AvgIpc) is 2.02. The number of anilines is 1. The molecule has 1 N–H and O–H groups in total. The van der Waals surface area contributed by atoms with Crippen LogP contribution in [0.1, 0.15) is 6.92 Å². The lowest BCUT2D eigenvalue weighted by molar-refractivity contribution is 0.0366. The number of nitrogens with one attached hydrogen (secondary N) is 1. The molecule has 0 aliphatic rings. The van der Waals surface area contributed by atoms with Gasteiger partial charge in [-0.3, -0.25) is 0 Å². The van der Waals surface area contributed by atoms with E-state index < -0.39 is 18.3 Å². The van der Waals surface area contributed by atoms with Crippen molar-refractivity contribution < 1.29 is 13.2 Å². The zero-order valence-corrected chi connectivity index (χ0v) is 6.89. The Morgan fingerprint density at radius 3 is 2.38 bits per heavy atom. The second-order valence-corrected chi connectivity index (χ2v) is 2.65. The predicted octanol–water partition coefficient (Wildman–Crippen LogP) is 1.68. The number of nitrogens with zero attached hydrogens (tertiary/aromatic N) is 2. The molecular weight excluding hydrogens is 183 g/mol. The van der Waals surface area contributed by atoms with Crippen LogP contribution in [-0.2, 0) is 0 Å². The fraction of sp³-hybridized carbons (Fsp3) is 0.429. The fourth-order valence-electron chi connectivity index (χ4n) is 0.638. The van der Waals surface area contributed by atoms with E-state index in [0.29, 0.717) is 0 Å². The molecule has 0 atom stereocenters. The Hall–Kier alpha value is -1.33. The van der Waals surface area contributed by atoms with Gasteiger partial charge in [-0.15, -0.1) is 0 Å². The van der Waals surface area contributed by atoms with Crippen LogP contribution in [0, 0.1) is 5.82 Å². The number of hydrogen-bond acceptors (Lipinski definition) is 3. The van der Waals surface area contributed by atoms with Crippen LogP contribution in [0.2, 0.25) is 0 Å². The van der Waals surface area contributed by atoms with Gasteiger partial charge in [0.2, 0.25) is 5.95 Å². The summed E-state index contributed by atoms with van der Waals surface area (Å²) >= 11 is 0. The maximum Gasteiger partial charge on any atom is 0.262 e. The first-order chi connectivity index (χ1) is 5.97. The summed E-state index contributed by atoms with van der Waals surface area (Å²) in [6.07, 6.45) is 1.81. The van der Waals surface area contributed by atoms with Gasteiger partial charge in [0.05, 0.1) is 18.9 Å². The molecule has 0 saturated heterocycles. The Labute approximate surface area is 73.0 Å². The molecule has 0 radical (unpaired) electrons. The van der Waals surface area contributed by atoms with E-state index in [4.69, 9.17) is 0 Å². The average molecular weight is 191 g/mol. The van der Waals surface area contributed by atoms with E-state index in [1.54, 1.807) is 0 Å². The lowest BCUT2D eigenvalue weighted by atomic mass is 10.4. The van der Waals surface area contributed by atoms with Crippen molar-refractivity contribution in [3.8, 4) is 0 Å². The third-order valence-corrected chi connectivity index (χ3v) is 1.18. The van der Waals surface area contributed by atoms with Gasteiger partial charge in [-0.1, -0.05) is 0 Å². The van der Waals surface area contributed by atoms with Gasteiger partial charge in [-0.25, -0.2) is 23.1 Å². The first-order valence-electron chi connectivity index (χ1n) is 3.57. The molecule has 1 heterocycles. The highest BCUT2D eigenvalue weighted by Gasteiger charge is 2.20. The molecule has 0 amide bonds. The van der Waals surface area contributed by atoms with Crippen molar-refractivity contribution in [3.05, 3.63) is 18.2 Å². The van der Waals surface area contributed by atoms with Crippen LogP contribution < -0.4 is 5.32 Å². The highest BCUT2D eigenvalue weighted by molar-refractivity contribution is 5.22. The van der Waals surface area contributed by atoms with Crippen LogP contribution in [0.15, 0.2) is 12.4 Å². The molecule has 0 aliphatic heterocycles. The van der Waals surface area contributed by atoms with Crippen molar-refractivity contribution in [1.82, 2.24) is 9.97 Å². The minimum absolute atomic E-state index is 0.0112. The molecule has 0 saturated carbocycles. The van der Waals surface area contributed by atoms with E-state index in [2.05, 4.69) is 15.3 Å². The molecule has 6 heteroatoms. The van der Waals surface area contributed by atoms with E-state index in [9.17, 15) is 13.2 Å². The van der Waals surface area contributed by atoms with E-state index in [0.717, 1.165) is 19.3 Å². The van der Waals surface area contributed by atoms with Crippen LogP contribution in [0.5, 0.6) is 0 Å². The Kier molecular flexibility index (Phi) is 2.69. The summed E-state index contributed by atoms with van der Waals surface area (Å²) in [6.45, 7) is 0.197. The van der Waals surface area contributed by atoms with Crippen molar-refractivity contribution >= 4 is 5.95 Å². The van der Waals surface area contributed by atoms with Gasteiger partial charge >= 0.3 is 0 Å². The summed E-state index contributed by atoms with van der Waals surface area (Å²) in [4.78, 5) is 6.90. The van der Waals surface area contributed by atoms with Gasteiger partial charge < -0.3 is 5.32 Å². The van der Waals surface area contributed by atoms with E-state index in [1.807, 2.05) is 0 Å². The van der Waals surface area contributed by atoms with Crippen molar-refractivity contribution in [2.45, 2.75) is 12.8 Å². The number of hydrogen-bond donors (Lipinski definition) is 1. The van der Waals surface area contributed by atoms with Gasteiger partial charge in [0.1, 0.15) is 0 Å². The molecule has 72 valence electrons. The van der Waals surface area contributed by atoms with Gasteiger partial charge in [-0.05, 0) is 0 Å². The monoisotopic (exact) mass is 191 g/mol. The molecule has 0 aromatic carbocycles. The quantitative estimate of drug-likeness (QED) is 0.789. The first kappa shape index (κ1) is 9.76. The Morgan fingerprint density at radius 2 is 1.92 bits per heavy atom. The second-order valence-electron chi connectivity index (χ2n) is 2.65. The molecule has 0 aliphatic carbocycles. The number of aromatic nitrogens is 2. The summed E-state index contributed by atoms with van der Waals surface area (Å²) in [6, 6.07) is 0. The molecule has 0 fully saturated rings. The van der Waals surface area contributed by atoms with Crippen LogP contribution in [0.3, 0.4) is 0 Å². The minimum Gasteiger partial charge on any atom is -0.348 e. The lowest BCUT2D eigenvalue weighted by Crippen LogP contribution is -2.23. The Bertz CT molecular complexity index is 267. The Morgan fingerprint density at radius 1 is 1.38 bits per heavy atom. The molecule has 0 spiro atoms. The summed E-state index contributed by atoms with van der Waals surface area (Å²) in [5, 5.41) is 2.27. The van der Waals surface area contributed by atoms with Crippen LogP contribution in [-0.4, -0.2) is 22.4 Å². The van der Waals surface area contributed by atoms with Crippen LogP contribution >= 0.6 is 0 Å².